The Kier molecular flexibility index (Phi) is 7.96. The lowest BCUT2D eigenvalue weighted by Crippen LogP contribution is -2.45. The summed E-state index contributed by atoms with van der Waals surface area (Å²) in [7, 11) is -3.55. The van der Waals surface area contributed by atoms with Crippen molar-refractivity contribution in [1.82, 2.24) is 9.62 Å². The molecule has 0 aliphatic carbocycles. The first-order chi connectivity index (χ1) is 16.1. The van der Waals surface area contributed by atoms with Crippen molar-refractivity contribution in [3.63, 3.8) is 0 Å². The van der Waals surface area contributed by atoms with Gasteiger partial charge in [-0.25, -0.2) is 8.42 Å². The van der Waals surface area contributed by atoms with Crippen LogP contribution in [0.5, 0.6) is 0 Å². The SMILES string of the molecule is O=C(C[C@H]1CCCCN1S(=O)(=O)c1cccs1)NCCC(c1ccccc1)c1ccccc1. The smallest absolute Gasteiger partial charge is 0.252 e. The molecule has 1 atom stereocenters. The Bertz CT molecular complexity index is 1080. The lowest BCUT2D eigenvalue weighted by Gasteiger charge is -2.34. The van der Waals surface area contributed by atoms with Gasteiger partial charge in [0.05, 0.1) is 0 Å². The van der Waals surface area contributed by atoms with E-state index in [1.807, 2.05) is 36.4 Å². The van der Waals surface area contributed by atoms with Gasteiger partial charge in [-0.2, -0.15) is 4.31 Å². The van der Waals surface area contributed by atoms with Crippen LogP contribution in [0.2, 0.25) is 0 Å². The van der Waals surface area contributed by atoms with E-state index in [4.69, 9.17) is 0 Å². The van der Waals surface area contributed by atoms with Gasteiger partial charge in [0, 0.05) is 31.5 Å². The number of sulfonamides is 1. The quantitative estimate of drug-likeness (QED) is 0.466. The molecule has 0 spiro atoms. The molecule has 0 radical (unpaired) electrons. The van der Waals surface area contributed by atoms with Gasteiger partial charge in [-0.1, -0.05) is 73.2 Å². The lowest BCUT2D eigenvalue weighted by atomic mass is 9.88. The molecule has 3 aromatic rings. The van der Waals surface area contributed by atoms with Gasteiger partial charge in [0.15, 0.2) is 0 Å². The minimum atomic E-state index is -3.55. The summed E-state index contributed by atoms with van der Waals surface area (Å²) in [5.74, 6) is 0.103. The summed E-state index contributed by atoms with van der Waals surface area (Å²) in [6.07, 6.45) is 3.47. The number of nitrogens with zero attached hydrogens (tertiary/aromatic N) is 1. The number of carbonyl (C=O) groups is 1. The van der Waals surface area contributed by atoms with Crippen molar-refractivity contribution in [3.8, 4) is 0 Å². The second kappa shape index (κ2) is 11.1. The first kappa shape index (κ1) is 23.7. The summed E-state index contributed by atoms with van der Waals surface area (Å²) >= 11 is 1.23. The van der Waals surface area contributed by atoms with E-state index < -0.39 is 10.0 Å². The van der Waals surface area contributed by atoms with E-state index in [-0.39, 0.29) is 24.3 Å². The molecule has 1 aromatic heterocycles. The van der Waals surface area contributed by atoms with Crippen LogP contribution in [0.4, 0.5) is 0 Å². The summed E-state index contributed by atoms with van der Waals surface area (Å²) in [6, 6.07) is 23.7. The Morgan fingerprint density at radius 1 is 0.970 bits per heavy atom. The number of hydrogen-bond acceptors (Lipinski definition) is 4. The van der Waals surface area contributed by atoms with E-state index in [1.54, 1.807) is 21.8 Å². The first-order valence-electron chi connectivity index (χ1n) is 11.5. The molecule has 1 amide bonds. The minimum absolute atomic E-state index is 0.0897. The number of thiophene rings is 1. The van der Waals surface area contributed by atoms with Crippen molar-refractivity contribution in [2.75, 3.05) is 13.1 Å². The van der Waals surface area contributed by atoms with Crippen molar-refractivity contribution < 1.29 is 13.2 Å². The van der Waals surface area contributed by atoms with Crippen LogP contribution in [0.15, 0.2) is 82.4 Å². The van der Waals surface area contributed by atoms with Gasteiger partial charge < -0.3 is 5.32 Å². The molecule has 1 N–H and O–H groups in total. The maximum absolute atomic E-state index is 13.1. The molecule has 0 saturated carbocycles. The number of amides is 1. The zero-order chi connectivity index (χ0) is 23.1. The van der Waals surface area contributed by atoms with E-state index in [1.165, 1.54) is 22.5 Å². The predicted octanol–water partition coefficient (Wildman–Crippen LogP) is 5.02. The van der Waals surface area contributed by atoms with Crippen LogP contribution in [0, 0.1) is 0 Å². The molecule has 7 heteroatoms. The third-order valence-electron chi connectivity index (χ3n) is 6.21. The third-order valence-corrected chi connectivity index (χ3v) is 9.54. The van der Waals surface area contributed by atoms with Crippen molar-refractivity contribution in [3.05, 3.63) is 89.3 Å². The highest BCUT2D eigenvalue weighted by Crippen LogP contribution is 2.30. The molecular formula is C26H30N2O3S2. The van der Waals surface area contributed by atoms with Crippen molar-refractivity contribution in [1.29, 1.82) is 0 Å². The molecule has 1 aliphatic rings. The number of hydrogen-bond donors (Lipinski definition) is 1. The van der Waals surface area contributed by atoms with Gasteiger partial charge in [-0.3, -0.25) is 4.79 Å². The topological polar surface area (TPSA) is 66.5 Å². The van der Waals surface area contributed by atoms with Gasteiger partial charge in [0.1, 0.15) is 4.21 Å². The van der Waals surface area contributed by atoms with Crippen LogP contribution in [0.1, 0.15) is 49.1 Å². The molecule has 1 fully saturated rings. The highest BCUT2D eigenvalue weighted by Gasteiger charge is 2.35. The van der Waals surface area contributed by atoms with E-state index in [9.17, 15) is 13.2 Å². The molecule has 4 rings (SSSR count). The highest BCUT2D eigenvalue weighted by molar-refractivity contribution is 7.91. The van der Waals surface area contributed by atoms with E-state index in [0.717, 1.165) is 19.3 Å². The number of nitrogens with one attached hydrogen (secondary N) is 1. The molecule has 174 valence electrons. The standard InChI is InChI=1S/C26H30N2O3S2/c29-25(20-23-14-7-8-18-28(23)33(30,31)26-15-9-19-32-26)27-17-16-24(21-10-3-1-4-11-21)22-12-5-2-6-13-22/h1-6,9-13,15,19,23-24H,7-8,14,16-18,20H2,(H,27,29)/t23-/m1/s1. The predicted molar refractivity (Wildman–Crippen MR) is 133 cm³/mol. The number of rotatable bonds is 9. The van der Waals surface area contributed by atoms with E-state index >= 15 is 0 Å². The van der Waals surface area contributed by atoms with Gasteiger partial charge in [-0.15, -0.1) is 11.3 Å². The number of piperidine rings is 1. The normalized spacial score (nSPS) is 17.2. The molecule has 1 aliphatic heterocycles. The van der Waals surface area contributed by atoms with Gasteiger partial charge in [0.25, 0.3) is 10.0 Å². The third kappa shape index (κ3) is 5.91. The molecule has 33 heavy (non-hydrogen) atoms. The summed E-state index contributed by atoms with van der Waals surface area (Å²) in [6.45, 7) is 1.01. The average Bonchev–Trinajstić information content (AvgIpc) is 3.39. The van der Waals surface area contributed by atoms with Gasteiger partial charge in [-0.05, 0) is 41.8 Å². The second-order valence-electron chi connectivity index (χ2n) is 8.41. The van der Waals surface area contributed by atoms with Crippen LogP contribution in [0.25, 0.3) is 0 Å². The highest BCUT2D eigenvalue weighted by atomic mass is 32.2. The fraction of sp³-hybridized carbons (Fsp3) is 0.346. The lowest BCUT2D eigenvalue weighted by molar-refractivity contribution is -0.122. The average molecular weight is 483 g/mol. The molecule has 0 bridgehead atoms. The second-order valence-corrected chi connectivity index (χ2v) is 11.5. The maximum Gasteiger partial charge on any atom is 0.252 e. The van der Waals surface area contributed by atoms with Crippen LogP contribution in [0.3, 0.4) is 0 Å². The molecule has 5 nitrogen and oxygen atoms in total. The monoisotopic (exact) mass is 482 g/mol. The Morgan fingerprint density at radius 2 is 1.64 bits per heavy atom. The Hall–Kier alpha value is -2.48. The Morgan fingerprint density at radius 3 is 2.24 bits per heavy atom. The number of benzene rings is 2. The molecular weight excluding hydrogens is 452 g/mol. The van der Waals surface area contributed by atoms with E-state index in [2.05, 4.69) is 29.6 Å². The van der Waals surface area contributed by atoms with E-state index in [0.29, 0.717) is 23.7 Å². The zero-order valence-corrected chi connectivity index (χ0v) is 20.2. The van der Waals surface area contributed by atoms with Crippen LogP contribution in [-0.2, 0) is 14.8 Å². The minimum Gasteiger partial charge on any atom is -0.356 e. The summed E-state index contributed by atoms with van der Waals surface area (Å²) < 4.78 is 28.0. The summed E-state index contributed by atoms with van der Waals surface area (Å²) in [5, 5.41) is 4.82. The van der Waals surface area contributed by atoms with Gasteiger partial charge >= 0.3 is 0 Å². The first-order valence-corrected chi connectivity index (χ1v) is 13.8. The van der Waals surface area contributed by atoms with Crippen molar-refractivity contribution in [2.45, 2.75) is 48.3 Å². The Balaban J connectivity index is 1.38. The van der Waals surface area contributed by atoms with Crippen molar-refractivity contribution in [2.24, 2.45) is 0 Å². The van der Waals surface area contributed by atoms with Crippen LogP contribution < -0.4 is 5.32 Å². The number of carbonyl (C=O) groups excluding carboxylic acids is 1. The molecule has 2 aromatic carbocycles. The summed E-state index contributed by atoms with van der Waals surface area (Å²) in [5.41, 5.74) is 2.44. The summed E-state index contributed by atoms with van der Waals surface area (Å²) in [4.78, 5) is 12.8. The van der Waals surface area contributed by atoms with Crippen molar-refractivity contribution >= 4 is 27.3 Å². The molecule has 0 unspecified atom stereocenters. The largest absolute Gasteiger partial charge is 0.356 e. The molecule has 1 saturated heterocycles. The van der Waals surface area contributed by atoms with Crippen LogP contribution >= 0.6 is 11.3 Å². The Labute approximate surface area is 200 Å². The van der Waals surface area contributed by atoms with Crippen LogP contribution in [-0.4, -0.2) is 37.8 Å². The fourth-order valence-electron chi connectivity index (χ4n) is 4.56. The molecule has 2 heterocycles. The zero-order valence-electron chi connectivity index (χ0n) is 18.6. The van der Waals surface area contributed by atoms with Gasteiger partial charge in [0.2, 0.25) is 5.91 Å². The maximum atomic E-state index is 13.1. The fourth-order valence-corrected chi connectivity index (χ4v) is 7.37.